The second-order valence-electron chi connectivity index (χ2n) is 8.16. The molecule has 31 heavy (non-hydrogen) atoms. The van der Waals surface area contributed by atoms with Gasteiger partial charge in [-0.15, -0.1) is 0 Å². The number of hydrazone groups is 1. The standard InChI is InChI=1S/C22H30N4O4S/c1-7-25(8-2)31(29,30)19-13-14-20(21(15-19)26(27)28)24-23-16(3)17-9-11-18(12-10-17)22(4,5)6/h9-15,24H,7-8H2,1-6H3. The minimum Gasteiger partial charge on any atom is -0.271 e. The molecule has 2 aromatic rings. The van der Waals surface area contributed by atoms with E-state index in [-0.39, 0.29) is 34.8 Å². The minimum absolute atomic E-state index is 0.0374. The van der Waals surface area contributed by atoms with E-state index in [9.17, 15) is 18.5 Å². The molecule has 0 aliphatic heterocycles. The summed E-state index contributed by atoms with van der Waals surface area (Å²) in [6, 6.07) is 11.8. The van der Waals surface area contributed by atoms with E-state index in [0.29, 0.717) is 5.71 Å². The molecule has 0 aliphatic carbocycles. The molecule has 0 radical (unpaired) electrons. The Morgan fingerprint density at radius 1 is 1.10 bits per heavy atom. The largest absolute Gasteiger partial charge is 0.295 e. The predicted octanol–water partition coefficient (Wildman–Crippen LogP) is 4.76. The van der Waals surface area contributed by atoms with Gasteiger partial charge in [-0.3, -0.25) is 15.5 Å². The molecule has 2 rings (SSSR count). The Morgan fingerprint density at radius 2 is 1.68 bits per heavy atom. The van der Waals surface area contributed by atoms with Gasteiger partial charge in [0.1, 0.15) is 5.69 Å². The second-order valence-corrected chi connectivity index (χ2v) is 10.1. The lowest BCUT2D eigenvalue weighted by Crippen LogP contribution is -2.30. The third kappa shape index (κ3) is 5.68. The molecule has 0 bridgehead atoms. The summed E-state index contributed by atoms with van der Waals surface area (Å²) in [7, 11) is -3.80. The van der Waals surface area contributed by atoms with Gasteiger partial charge in [-0.2, -0.15) is 9.41 Å². The molecule has 1 N–H and O–H groups in total. The number of nitrogens with one attached hydrogen (secondary N) is 1. The van der Waals surface area contributed by atoms with E-state index < -0.39 is 14.9 Å². The number of benzene rings is 2. The highest BCUT2D eigenvalue weighted by Crippen LogP contribution is 2.29. The van der Waals surface area contributed by atoms with Crippen LogP contribution in [0.25, 0.3) is 0 Å². The van der Waals surface area contributed by atoms with Gasteiger partial charge in [-0.05, 0) is 35.6 Å². The van der Waals surface area contributed by atoms with Crippen LogP contribution in [0.3, 0.4) is 0 Å². The zero-order valence-corrected chi connectivity index (χ0v) is 19.7. The third-order valence-electron chi connectivity index (χ3n) is 5.02. The number of hydrogen-bond donors (Lipinski definition) is 1. The summed E-state index contributed by atoms with van der Waals surface area (Å²) in [6.07, 6.45) is 0. The molecule has 168 valence electrons. The molecule has 0 saturated carbocycles. The lowest BCUT2D eigenvalue weighted by Gasteiger charge is -2.19. The third-order valence-corrected chi connectivity index (χ3v) is 7.07. The first-order valence-electron chi connectivity index (χ1n) is 10.1. The monoisotopic (exact) mass is 446 g/mol. The fourth-order valence-corrected chi connectivity index (χ4v) is 4.53. The van der Waals surface area contributed by atoms with Crippen molar-refractivity contribution >= 4 is 27.1 Å². The highest BCUT2D eigenvalue weighted by molar-refractivity contribution is 7.89. The summed E-state index contributed by atoms with van der Waals surface area (Å²) in [5, 5.41) is 15.8. The molecule has 0 amide bonds. The first-order chi connectivity index (χ1) is 14.4. The summed E-state index contributed by atoms with van der Waals surface area (Å²) in [5.41, 5.74) is 5.23. The Labute approximate surface area is 184 Å². The lowest BCUT2D eigenvalue weighted by atomic mass is 9.86. The van der Waals surface area contributed by atoms with Gasteiger partial charge in [0.2, 0.25) is 10.0 Å². The van der Waals surface area contributed by atoms with Crippen molar-refractivity contribution in [2.75, 3.05) is 18.5 Å². The Hall–Kier alpha value is -2.78. The molecule has 0 heterocycles. The number of anilines is 1. The van der Waals surface area contributed by atoms with Gasteiger partial charge in [0.05, 0.1) is 15.5 Å². The van der Waals surface area contributed by atoms with Gasteiger partial charge in [-0.1, -0.05) is 58.9 Å². The summed E-state index contributed by atoms with van der Waals surface area (Å²) in [5.74, 6) is 0. The zero-order valence-electron chi connectivity index (χ0n) is 18.8. The fourth-order valence-electron chi connectivity index (χ4n) is 3.05. The Bertz CT molecular complexity index is 1070. The van der Waals surface area contributed by atoms with Crippen LogP contribution in [-0.2, 0) is 15.4 Å². The van der Waals surface area contributed by atoms with Crippen LogP contribution in [0.2, 0.25) is 0 Å². The van der Waals surface area contributed by atoms with Gasteiger partial charge >= 0.3 is 0 Å². The van der Waals surface area contributed by atoms with E-state index in [4.69, 9.17) is 0 Å². The molecule has 0 aliphatic rings. The van der Waals surface area contributed by atoms with Gasteiger partial charge in [0.25, 0.3) is 5.69 Å². The quantitative estimate of drug-likeness (QED) is 0.358. The molecular weight excluding hydrogens is 416 g/mol. The van der Waals surface area contributed by atoms with Gasteiger partial charge in [-0.25, -0.2) is 8.42 Å². The number of sulfonamides is 1. The van der Waals surface area contributed by atoms with Crippen LogP contribution < -0.4 is 5.43 Å². The van der Waals surface area contributed by atoms with Gasteiger partial charge in [0.15, 0.2) is 0 Å². The van der Waals surface area contributed by atoms with Crippen LogP contribution in [-0.4, -0.2) is 36.4 Å². The lowest BCUT2D eigenvalue weighted by molar-refractivity contribution is -0.384. The van der Waals surface area contributed by atoms with Gasteiger partial charge in [0, 0.05) is 19.2 Å². The number of nitro benzene ring substituents is 1. The first kappa shape index (κ1) is 24.5. The van der Waals surface area contributed by atoms with E-state index in [1.165, 1.54) is 22.0 Å². The predicted molar refractivity (Wildman–Crippen MR) is 124 cm³/mol. The molecular formula is C22H30N4O4S. The Balaban J connectivity index is 2.34. The van der Waals surface area contributed by atoms with Crippen molar-refractivity contribution in [1.29, 1.82) is 0 Å². The average Bonchev–Trinajstić information content (AvgIpc) is 2.71. The first-order valence-corrected chi connectivity index (χ1v) is 11.6. The number of rotatable bonds is 8. The summed E-state index contributed by atoms with van der Waals surface area (Å²) in [6.45, 7) is 12.2. The molecule has 9 heteroatoms. The van der Waals surface area contributed by atoms with Crippen LogP contribution in [0.5, 0.6) is 0 Å². The highest BCUT2D eigenvalue weighted by Gasteiger charge is 2.25. The van der Waals surface area contributed by atoms with Crippen molar-refractivity contribution in [1.82, 2.24) is 4.31 Å². The van der Waals surface area contributed by atoms with Crippen LogP contribution in [0.15, 0.2) is 52.5 Å². The van der Waals surface area contributed by atoms with Crippen LogP contribution in [0, 0.1) is 10.1 Å². The van der Waals surface area contributed by atoms with E-state index in [1.807, 2.05) is 24.3 Å². The van der Waals surface area contributed by atoms with Crippen molar-refractivity contribution in [3.63, 3.8) is 0 Å². The molecule has 0 atom stereocenters. The molecule has 2 aromatic carbocycles. The maximum atomic E-state index is 12.7. The highest BCUT2D eigenvalue weighted by atomic mass is 32.2. The number of nitrogens with zero attached hydrogens (tertiary/aromatic N) is 3. The Morgan fingerprint density at radius 3 is 2.16 bits per heavy atom. The van der Waals surface area contributed by atoms with Crippen LogP contribution >= 0.6 is 0 Å². The SMILES string of the molecule is CCN(CC)S(=O)(=O)c1ccc(NN=C(C)c2ccc(C(C)(C)C)cc2)c([N+](=O)[O-])c1. The van der Waals surface area contributed by atoms with Crippen LogP contribution in [0.1, 0.15) is 52.7 Å². The van der Waals surface area contributed by atoms with Crippen molar-refractivity contribution in [3.05, 3.63) is 63.7 Å². The van der Waals surface area contributed by atoms with E-state index in [1.54, 1.807) is 20.8 Å². The molecule has 0 saturated heterocycles. The van der Waals surface area contributed by atoms with E-state index in [2.05, 4.69) is 31.3 Å². The van der Waals surface area contributed by atoms with E-state index in [0.717, 1.165) is 11.6 Å². The van der Waals surface area contributed by atoms with Crippen molar-refractivity contribution in [2.45, 2.75) is 51.9 Å². The topological polar surface area (TPSA) is 105 Å². The van der Waals surface area contributed by atoms with Gasteiger partial charge < -0.3 is 0 Å². The average molecular weight is 447 g/mol. The smallest absolute Gasteiger partial charge is 0.271 e. The number of nitro groups is 1. The molecule has 0 fully saturated rings. The summed E-state index contributed by atoms with van der Waals surface area (Å²) >= 11 is 0. The molecule has 8 nitrogen and oxygen atoms in total. The minimum atomic E-state index is -3.80. The summed E-state index contributed by atoms with van der Waals surface area (Å²) in [4.78, 5) is 10.8. The molecule has 0 aromatic heterocycles. The Kier molecular flexibility index (Phi) is 7.56. The maximum absolute atomic E-state index is 12.7. The van der Waals surface area contributed by atoms with Crippen molar-refractivity contribution in [3.8, 4) is 0 Å². The second kappa shape index (κ2) is 9.57. The maximum Gasteiger partial charge on any atom is 0.295 e. The van der Waals surface area contributed by atoms with Crippen LogP contribution in [0.4, 0.5) is 11.4 Å². The zero-order chi connectivity index (χ0) is 23.4. The van der Waals surface area contributed by atoms with E-state index >= 15 is 0 Å². The fraction of sp³-hybridized carbons (Fsp3) is 0.409. The molecule has 0 spiro atoms. The summed E-state index contributed by atoms with van der Waals surface area (Å²) < 4.78 is 26.6. The number of hydrogen-bond acceptors (Lipinski definition) is 6. The normalized spacial score (nSPS) is 12.8. The molecule has 0 unspecified atom stereocenters. The van der Waals surface area contributed by atoms with Crippen molar-refractivity contribution < 1.29 is 13.3 Å². The van der Waals surface area contributed by atoms with Crippen molar-refractivity contribution in [2.24, 2.45) is 5.10 Å².